The molecule has 0 aliphatic carbocycles. The predicted octanol–water partition coefficient (Wildman–Crippen LogP) is 2.42. The maximum atomic E-state index is 13.2. The maximum Gasteiger partial charge on any atom is 0.256 e. The van der Waals surface area contributed by atoms with Crippen LogP contribution in [0.25, 0.3) is 0 Å². The second-order valence-corrected chi connectivity index (χ2v) is 9.50. The molecule has 31 heavy (non-hydrogen) atoms. The van der Waals surface area contributed by atoms with Crippen molar-refractivity contribution in [3.05, 3.63) is 41.2 Å². The number of carbonyl (C=O) groups is 3. The van der Waals surface area contributed by atoms with Crippen molar-refractivity contribution in [2.45, 2.75) is 45.1 Å². The Hall–Kier alpha value is -2.35. The molecule has 1 atom stereocenters. The van der Waals surface area contributed by atoms with E-state index in [9.17, 15) is 14.4 Å². The van der Waals surface area contributed by atoms with E-state index >= 15 is 0 Å². The van der Waals surface area contributed by atoms with E-state index in [0.29, 0.717) is 36.8 Å². The van der Waals surface area contributed by atoms with Gasteiger partial charge in [0.05, 0.1) is 17.1 Å². The molecule has 1 aromatic heterocycles. The Labute approximate surface area is 187 Å². The molecule has 0 spiro atoms. The van der Waals surface area contributed by atoms with Crippen LogP contribution in [0.15, 0.2) is 24.3 Å². The summed E-state index contributed by atoms with van der Waals surface area (Å²) >= 11 is 1.63. The zero-order chi connectivity index (χ0) is 22.0. The molecule has 3 aliphatic rings. The molecule has 7 nitrogen and oxygen atoms in total. The summed E-state index contributed by atoms with van der Waals surface area (Å²) in [6.07, 6.45) is 6.60. The van der Waals surface area contributed by atoms with Crippen LogP contribution in [0.2, 0.25) is 0 Å². The number of pyridine rings is 1. The number of carbonyl (C=O) groups excluding carboxylic acids is 3. The third-order valence-corrected chi connectivity index (χ3v) is 7.42. The topological polar surface area (TPSA) is 73.8 Å². The van der Waals surface area contributed by atoms with Crippen LogP contribution in [0.5, 0.6) is 0 Å². The number of rotatable bonds is 3. The molecule has 1 unspecified atom stereocenters. The molecule has 1 aromatic rings. The molecule has 0 saturated carbocycles. The summed E-state index contributed by atoms with van der Waals surface area (Å²) in [5, 5.41) is 0. The number of amides is 3. The standard InChI is InChI=1S/C23H30N4O3S/c1-16-6-7-19(22(29)25-10-4-3-5-11-25)21(24-16)18-8-12-26(13-9-18)23(30)20-14-31-15-27(20)17(2)28/h3-4,6-7,18,20H,5,8-15H2,1-2H3. The number of likely N-dealkylation sites (tertiary alicyclic amines) is 1. The van der Waals surface area contributed by atoms with Crippen molar-refractivity contribution in [3.8, 4) is 0 Å². The first-order valence-electron chi connectivity index (χ1n) is 11.0. The van der Waals surface area contributed by atoms with Crippen LogP contribution >= 0.6 is 11.8 Å². The second-order valence-electron chi connectivity index (χ2n) is 8.50. The van der Waals surface area contributed by atoms with E-state index in [0.717, 1.165) is 37.2 Å². The molecule has 2 fully saturated rings. The van der Waals surface area contributed by atoms with E-state index in [1.807, 2.05) is 34.9 Å². The van der Waals surface area contributed by atoms with E-state index in [4.69, 9.17) is 4.98 Å². The Bertz CT molecular complexity index is 895. The summed E-state index contributed by atoms with van der Waals surface area (Å²) in [4.78, 5) is 48.2. The molecule has 0 bridgehead atoms. The van der Waals surface area contributed by atoms with Crippen LogP contribution in [0.1, 0.15) is 53.8 Å². The molecule has 2 saturated heterocycles. The minimum absolute atomic E-state index is 0.0436. The number of aryl methyl sites for hydroxylation is 1. The van der Waals surface area contributed by atoms with Gasteiger partial charge in [0.2, 0.25) is 11.8 Å². The van der Waals surface area contributed by atoms with Gasteiger partial charge in [-0.15, -0.1) is 11.8 Å². The third-order valence-electron chi connectivity index (χ3n) is 6.40. The lowest BCUT2D eigenvalue weighted by atomic mass is 9.89. The van der Waals surface area contributed by atoms with Crippen molar-refractivity contribution in [2.75, 3.05) is 37.8 Å². The molecule has 166 valence electrons. The summed E-state index contributed by atoms with van der Waals surface area (Å²) in [6, 6.07) is 3.47. The second kappa shape index (κ2) is 9.42. The van der Waals surface area contributed by atoms with Crippen molar-refractivity contribution in [1.82, 2.24) is 19.7 Å². The van der Waals surface area contributed by atoms with Gasteiger partial charge in [-0.3, -0.25) is 19.4 Å². The van der Waals surface area contributed by atoms with Gasteiger partial charge in [-0.2, -0.15) is 0 Å². The SMILES string of the molecule is CC(=O)N1CSCC1C(=O)N1CCC(c2nc(C)ccc2C(=O)N2CC=CCC2)CC1. The third kappa shape index (κ3) is 4.63. The van der Waals surface area contributed by atoms with E-state index in [2.05, 4.69) is 6.08 Å². The van der Waals surface area contributed by atoms with Gasteiger partial charge in [0.15, 0.2) is 0 Å². The first-order valence-corrected chi connectivity index (χ1v) is 12.2. The Morgan fingerprint density at radius 3 is 2.52 bits per heavy atom. The summed E-state index contributed by atoms with van der Waals surface area (Å²) in [7, 11) is 0. The average Bonchev–Trinajstić information content (AvgIpc) is 3.29. The van der Waals surface area contributed by atoms with Gasteiger partial charge in [-0.25, -0.2) is 0 Å². The van der Waals surface area contributed by atoms with E-state index in [1.165, 1.54) is 6.92 Å². The summed E-state index contributed by atoms with van der Waals surface area (Å²) in [5.41, 5.74) is 2.47. The number of hydrogen-bond donors (Lipinski definition) is 0. The average molecular weight is 443 g/mol. The molecule has 0 N–H and O–H groups in total. The maximum absolute atomic E-state index is 13.2. The quantitative estimate of drug-likeness (QED) is 0.672. The number of nitrogens with zero attached hydrogens (tertiary/aromatic N) is 4. The van der Waals surface area contributed by atoms with E-state index < -0.39 is 0 Å². The Morgan fingerprint density at radius 1 is 1.06 bits per heavy atom. The van der Waals surface area contributed by atoms with Crippen molar-refractivity contribution in [3.63, 3.8) is 0 Å². The van der Waals surface area contributed by atoms with Crippen LogP contribution in [-0.2, 0) is 9.59 Å². The first kappa shape index (κ1) is 21.9. The minimum atomic E-state index is -0.347. The smallest absolute Gasteiger partial charge is 0.256 e. The van der Waals surface area contributed by atoms with Gasteiger partial charge in [0.25, 0.3) is 5.91 Å². The number of piperidine rings is 1. The zero-order valence-electron chi connectivity index (χ0n) is 18.2. The molecule has 0 aromatic carbocycles. The van der Waals surface area contributed by atoms with Crippen LogP contribution < -0.4 is 0 Å². The summed E-state index contributed by atoms with van der Waals surface area (Å²) < 4.78 is 0. The Kier molecular flexibility index (Phi) is 6.65. The normalized spacial score (nSPS) is 22.1. The predicted molar refractivity (Wildman–Crippen MR) is 121 cm³/mol. The van der Waals surface area contributed by atoms with Crippen molar-refractivity contribution in [2.24, 2.45) is 0 Å². The zero-order valence-corrected chi connectivity index (χ0v) is 19.1. The van der Waals surface area contributed by atoms with Crippen LogP contribution in [-0.4, -0.2) is 81.3 Å². The highest BCUT2D eigenvalue weighted by Gasteiger charge is 2.37. The minimum Gasteiger partial charge on any atom is -0.341 e. The highest BCUT2D eigenvalue weighted by molar-refractivity contribution is 7.99. The number of hydrogen-bond acceptors (Lipinski definition) is 5. The molecule has 8 heteroatoms. The lowest BCUT2D eigenvalue weighted by molar-refractivity contribution is -0.143. The Balaban J connectivity index is 1.46. The lowest BCUT2D eigenvalue weighted by Gasteiger charge is -2.35. The molecule has 3 amide bonds. The lowest BCUT2D eigenvalue weighted by Crippen LogP contribution is -2.50. The number of aromatic nitrogens is 1. The van der Waals surface area contributed by atoms with Gasteiger partial charge in [-0.05, 0) is 38.3 Å². The van der Waals surface area contributed by atoms with E-state index in [-0.39, 0.29) is 29.7 Å². The van der Waals surface area contributed by atoms with Crippen LogP contribution in [0.3, 0.4) is 0 Å². The van der Waals surface area contributed by atoms with Gasteiger partial charge in [0, 0.05) is 50.5 Å². The van der Waals surface area contributed by atoms with Crippen LogP contribution in [0.4, 0.5) is 0 Å². The van der Waals surface area contributed by atoms with E-state index in [1.54, 1.807) is 16.7 Å². The van der Waals surface area contributed by atoms with Crippen molar-refractivity contribution < 1.29 is 14.4 Å². The van der Waals surface area contributed by atoms with Crippen molar-refractivity contribution in [1.29, 1.82) is 0 Å². The largest absolute Gasteiger partial charge is 0.341 e. The molecule has 3 aliphatic heterocycles. The highest BCUT2D eigenvalue weighted by Crippen LogP contribution is 2.32. The van der Waals surface area contributed by atoms with Gasteiger partial charge in [0.1, 0.15) is 6.04 Å². The monoisotopic (exact) mass is 442 g/mol. The van der Waals surface area contributed by atoms with Crippen molar-refractivity contribution >= 4 is 29.5 Å². The Morgan fingerprint density at radius 2 is 1.84 bits per heavy atom. The summed E-state index contributed by atoms with van der Waals surface area (Å²) in [5.74, 6) is 1.47. The molecule has 0 radical (unpaired) electrons. The molecular formula is C23H30N4O3S. The van der Waals surface area contributed by atoms with Gasteiger partial charge >= 0.3 is 0 Å². The number of thioether (sulfide) groups is 1. The molecular weight excluding hydrogens is 412 g/mol. The molecule has 4 heterocycles. The molecule has 4 rings (SSSR count). The van der Waals surface area contributed by atoms with Gasteiger partial charge in [-0.1, -0.05) is 12.2 Å². The van der Waals surface area contributed by atoms with Crippen LogP contribution in [0, 0.1) is 6.92 Å². The fourth-order valence-corrected chi connectivity index (χ4v) is 5.82. The first-order chi connectivity index (χ1) is 15.0. The summed E-state index contributed by atoms with van der Waals surface area (Å²) in [6.45, 7) is 6.12. The highest BCUT2D eigenvalue weighted by atomic mass is 32.2. The van der Waals surface area contributed by atoms with Gasteiger partial charge < -0.3 is 14.7 Å². The fraction of sp³-hybridized carbons (Fsp3) is 0.565. The fourth-order valence-electron chi connectivity index (χ4n) is 4.61.